The number of rotatable bonds is 13. The molecule has 7 heteroatoms. The number of halogens is 1. The van der Waals surface area contributed by atoms with E-state index in [4.69, 9.17) is 11.6 Å². The molecule has 1 fully saturated rings. The Kier molecular flexibility index (Phi) is 16.4. The van der Waals surface area contributed by atoms with Crippen LogP contribution < -0.4 is 0 Å². The van der Waals surface area contributed by atoms with Crippen LogP contribution in [0.15, 0.2) is 61.2 Å². The zero-order valence-electron chi connectivity index (χ0n) is 25.9. The highest BCUT2D eigenvalue weighted by molar-refractivity contribution is 6.30. The Balaban J connectivity index is 0.00000411. The molecular formula is C34H51ClN2O4. The molecule has 1 aromatic rings. The monoisotopic (exact) mass is 586 g/mol. The molecule has 228 valence electrons. The Morgan fingerprint density at radius 2 is 1.68 bits per heavy atom. The zero-order chi connectivity index (χ0) is 31.1. The molecule has 0 aromatic heterocycles. The number of aliphatic carboxylic acids is 1. The highest BCUT2D eigenvalue weighted by Crippen LogP contribution is 2.29. The predicted octanol–water partition coefficient (Wildman–Crippen LogP) is 7.61. The zero-order valence-corrected chi connectivity index (χ0v) is 26.7. The number of allylic oxidation sites excluding steroid dienone is 4. The molecule has 41 heavy (non-hydrogen) atoms. The molecule has 6 nitrogen and oxygen atoms in total. The maximum atomic E-state index is 14.2. The Labute approximate surface area is 253 Å². The van der Waals surface area contributed by atoms with E-state index in [2.05, 4.69) is 72.9 Å². The van der Waals surface area contributed by atoms with Gasteiger partial charge in [0.15, 0.2) is 0 Å². The lowest BCUT2D eigenvalue weighted by Gasteiger charge is -2.35. The number of nitrogens with zero attached hydrogens (tertiary/aromatic N) is 2. The molecule has 0 spiro atoms. The molecule has 1 aliphatic rings. The molecule has 1 aromatic carbocycles. The first-order valence-corrected chi connectivity index (χ1v) is 15.2. The average molecular weight is 587 g/mol. The van der Waals surface area contributed by atoms with Crippen LogP contribution in [0.1, 0.15) is 78.7 Å². The highest BCUT2D eigenvalue weighted by Gasteiger charge is 2.32. The fourth-order valence-electron chi connectivity index (χ4n) is 5.04. The van der Waals surface area contributed by atoms with Gasteiger partial charge in [0.1, 0.15) is 0 Å². The summed E-state index contributed by atoms with van der Waals surface area (Å²) in [6.07, 6.45) is 9.02. The molecule has 2 amide bonds. The minimum absolute atomic E-state index is 0.00566. The van der Waals surface area contributed by atoms with E-state index < -0.39 is 11.9 Å². The average Bonchev–Trinajstić information content (AvgIpc) is 2.95. The fraction of sp³-hybridized carbons (Fsp3) is 0.559. The van der Waals surface area contributed by atoms with Crippen LogP contribution in [0.25, 0.3) is 0 Å². The first-order chi connectivity index (χ1) is 19.4. The van der Waals surface area contributed by atoms with Gasteiger partial charge in [0.25, 0.3) is 0 Å². The van der Waals surface area contributed by atoms with Crippen molar-refractivity contribution in [1.29, 1.82) is 0 Å². The van der Waals surface area contributed by atoms with Crippen LogP contribution in [0.2, 0.25) is 5.02 Å². The summed E-state index contributed by atoms with van der Waals surface area (Å²) in [5, 5.41) is 9.94. The van der Waals surface area contributed by atoms with Crippen molar-refractivity contribution in [2.24, 2.45) is 23.7 Å². The second-order valence-electron chi connectivity index (χ2n) is 11.5. The van der Waals surface area contributed by atoms with Crippen molar-refractivity contribution in [1.82, 2.24) is 9.80 Å². The van der Waals surface area contributed by atoms with Crippen molar-refractivity contribution in [2.45, 2.75) is 73.1 Å². The second kappa shape index (κ2) is 18.5. The number of likely N-dealkylation sites (tertiary alicyclic amines) is 1. The molecule has 1 aliphatic heterocycles. The number of carbonyl (C=O) groups is 3. The van der Waals surface area contributed by atoms with Crippen LogP contribution in [0, 0.1) is 23.7 Å². The summed E-state index contributed by atoms with van der Waals surface area (Å²) in [5.74, 6) is -1.14. The van der Waals surface area contributed by atoms with E-state index in [1.165, 1.54) is 5.57 Å². The maximum absolute atomic E-state index is 14.2. The topological polar surface area (TPSA) is 77.9 Å². The van der Waals surface area contributed by atoms with Crippen molar-refractivity contribution in [3.05, 3.63) is 71.8 Å². The van der Waals surface area contributed by atoms with Gasteiger partial charge in [-0.15, -0.1) is 13.2 Å². The van der Waals surface area contributed by atoms with Crippen molar-refractivity contribution >= 4 is 29.4 Å². The van der Waals surface area contributed by atoms with E-state index >= 15 is 0 Å². The smallest absolute Gasteiger partial charge is 0.306 e. The van der Waals surface area contributed by atoms with Crippen molar-refractivity contribution in [3.8, 4) is 0 Å². The molecule has 1 heterocycles. The third-order valence-electron chi connectivity index (χ3n) is 7.71. The standard InChI is InChI=1S/C32H47ClN2O4.C2H4/c1-7-8-23(4)9-10-24(5)25(6)20-35(21-30(36)34-17-15-27(16-18-34)32(38)39)31(37)29(19-22(2)3)26-11-13-28(33)14-12-26;1-2/h8-14,22,24-25,27,29H,7,15-21H2,1-6H3,(H,38,39);1-2H2/b10-9-,23-8-;. The minimum Gasteiger partial charge on any atom is -0.481 e. The van der Waals surface area contributed by atoms with Gasteiger partial charge in [0.2, 0.25) is 11.8 Å². The van der Waals surface area contributed by atoms with E-state index in [9.17, 15) is 19.5 Å². The quantitative estimate of drug-likeness (QED) is 0.191. The van der Waals surface area contributed by atoms with Gasteiger partial charge in [-0.1, -0.05) is 82.2 Å². The number of benzene rings is 1. The summed E-state index contributed by atoms with van der Waals surface area (Å²) >= 11 is 6.13. The molecule has 0 radical (unpaired) electrons. The number of hydrogen-bond donors (Lipinski definition) is 1. The van der Waals surface area contributed by atoms with Gasteiger partial charge >= 0.3 is 5.97 Å². The summed E-state index contributed by atoms with van der Waals surface area (Å²) in [4.78, 5) is 42.4. The van der Waals surface area contributed by atoms with Crippen LogP contribution in [0.5, 0.6) is 0 Å². The van der Waals surface area contributed by atoms with Gasteiger partial charge in [0.05, 0.1) is 18.4 Å². The van der Waals surface area contributed by atoms with E-state index in [0.29, 0.717) is 43.9 Å². The Morgan fingerprint density at radius 1 is 1.10 bits per heavy atom. The Hall–Kier alpha value is -2.86. The fourth-order valence-corrected chi connectivity index (χ4v) is 5.16. The Bertz CT molecular complexity index is 1030. The van der Waals surface area contributed by atoms with Crippen LogP contribution in [0.4, 0.5) is 0 Å². The lowest BCUT2D eigenvalue weighted by Crippen LogP contribution is -2.48. The molecule has 1 saturated heterocycles. The third-order valence-corrected chi connectivity index (χ3v) is 7.96. The van der Waals surface area contributed by atoms with Crippen molar-refractivity contribution < 1.29 is 19.5 Å². The second-order valence-corrected chi connectivity index (χ2v) is 11.9. The SMILES string of the molecule is C=C.CC/C=C(C)\C=C/C(C)C(C)CN(CC(=O)N1CCC(C(=O)O)CC1)C(=O)C(CC(C)C)c1ccc(Cl)cc1. The number of carbonyl (C=O) groups excluding carboxylic acids is 2. The summed E-state index contributed by atoms with van der Waals surface area (Å²) in [6.45, 7) is 19.9. The first kappa shape index (κ1) is 36.2. The van der Waals surface area contributed by atoms with Gasteiger partial charge in [-0.3, -0.25) is 14.4 Å². The van der Waals surface area contributed by atoms with E-state index in [0.717, 1.165) is 12.0 Å². The number of carboxylic acids is 1. The molecule has 0 aliphatic carbocycles. The summed E-state index contributed by atoms with van der Waals surface area (Å²) in [7, 11) is 0. The minimum atomic E-state index is -0.807. The molecule has 3 unspecified atom stereocenters. The van der Waals surface area contributed by atoms with Gasteiger partial charge in [-0.2, -0.15) is 0 Å². The largest absolute Gasteiger partial charge is 0.481 e. The first-order valence-electron chi connectivity index (χ1n) is 14.8. The van der Waals surface area contributed by atoms with Gasteiger partial charge in [-0.25, -0.2) is 0 Å². The van der Waals surface area contributed by atoms with Crippen LogP contribution in [-0.2, 0) is 14.4 Å². The third kappa shape index (κ3) is 12.3. The number of amides is 2. The lowest BCUT2D eigenvalue weighted by molar-refractivity contribution is -0.147. The maximum Gasteiger partial charge on any atom is 0.306 e. The van der Waals surface area contributed by atoms with E-state index in [-0.39, 0.29) is 42.0 Å². The lowest BCUT2D eigenvalue weighted by atomic mass is 9.88. The summed E-state index contributed by atoms with van der Waals surface area (Å²) in [6, 6.07) is 7.42. The normalized spacial score (nSPS) is 16.6. The van der Waals surface area contributed by atoms with Gasteiger partial charge < -0.3 is 14.9 Å². The number of hydrogen-bond acceptors (Lipinski definition) is 3. The van der Waals surface area contributed by atoms with Gasteiger partial charge in [0, 0.05) is 24.7 Å². The summed E-state index contributed by atoms with van der Waals surface area (Å²) < 4.78 is 0. The molecule has 1 N–H and O–H groups in total. The van der Waals surface area contributed by atoms with Crippen LogP contribution in [0.3, 0.4) is 0 Å². The van der Waals surface area contributed by atoms with Crippen LogP contribution >= 0.6 is 11.6 Å². The molecular weight excluding hydrogens is 536 g/mol. The number of carboxylic acid groups (broad SMARTS) is 1. The number of piperidine rings is 1. The predicted molar refractivity (Wildman–Crippen MR) is 170 cm³/mol. The Morgan fingerprint density at radius 3 is 2.20 bits per heavy atom. The highest BCUT2D eigenvalue weighted by atomic mass is 35.5. The van der Waals surface area contributed by atoms with Gasteiger partial charge in [-0.05, 0) is 68.1 Å². The van der Waals surface area contributed by atoms with Crippen molar-refractivity contribution in [2.75, 3.05) is 26.2 Å². The molecule has 2 rings (SSSR count). The molecule has 0 bridgehead atoms. The van der Waals surface area contributed by atoms with Crippen LogP contribution in [-0.4, -0.2) is 58.9 Å². The molecule has 3 atom stereocenters. The van der Waals surface area contributed by atoms with E-state index in [1.807, 2.05) is 12.1 Å². The van der Waals surface area contributed by atoms with E-state index in [1.54, 1.807) is 21.9 Å². The summed E-state index contributed by atoms with van der Waals surface area (Å²) in [5.41, 5.74) is 2.11. The molecule has 0 saturated carbocycles. The van der Waals surface area contributed by atoms with Crippen molar-refractivity contribution in [3.63, 3.8) is 0 Å².